The minimum absolute atomic E-state index is 0.107. The number of sulfone groups is 1. The molecule has 2 atom stereocenters. The molecule has 0 N–H and O–H groups in total. The summed E-state index contributed by atoms with van der Waals surface area (Å²) >= 11 is 0. The van der Waals surface area contributed by atoms with Crippen LogP contribution in [0, 0.1) is 5.92 Å². The van der Waals surface area contributed by atoms with Crippen molar-refractivity contribution in [3.8, 4) is 0 Å². The van der Waals surface area contributed by atoms with Gasteiger partial charge in [-0.05, 0) is 37.8 Å². The number of rotatable bonds is 3. The van der Waals surface area contributed by atoms with E-state index in [0.717, 1.165) is 24.9 Å². The van der Waals surface area contributed by atoms with E-state index in [2.05, 4.69) is 0 Å². The molecule has 2 bridgehead atoms. The molecule has 0 spiro atoms. The minimum Gasteiger partial charge on any atom is -0.378 e. The van der Waals surface area contributed by atoms with Crippen LogP contribution in [0.15, 0.2) is 24.3 Å². The number of carbonyl (C=O) groups excluding carboxylic acids is 1. The Balaban J connectivity index is 1.83. The monoisotopic (exact) mass is 321 g/mol. The zero-order valence-electron chi connectivity index (χ0n) is 13.2. The summed E-state index contributed by atoms with van der Waals surface area (Å²) in [5.74, 6) is -0.0354. The fourth-order valence-electron chi connectivity index (χ4n) is 3.80. The predicted molar refractivity (Wildman–Crippen MR) is 88.2 cm³/mol. The van der Waals surface area contributed by atoms with Crippen LogP contribution in [-0.2, 0) is 9.84 Å². The number of ketones is 1. The van der Waals surface area contributed by atoms with Crippen LogP contribution in [0.2, 0.25) is 0 Å². The molecule has 2 fully saturated rings. The molecule has 2 saturated heterocycles. The first-order valence-corrected chi connectivity index (χ1v) is 9.55. The van der Waals surface area contributed by atoms with Crippen molar-refractivity contribution in [2.24, 2.45) is 5.92 Å². The summed E-state index contributed by atoms with van der Waals surface area (Å²) < 4.78 is 24.7. The fourth-order valence-corrected chi connectivity index (χ4v) is 6.33. The summed E-state index contributed by atoms with van der Waals surface area (Å²) in [4.78, 5) is 14.8. The van der Waals surface area contributed by atoms with Crippen LogP contribution in [0.25, 0.3) is 0 Å². The molecule has 1 aromatic carbocycles. The SMILES string of the molecule is CN(C)c1cccc(C(=O)C2CC3CCCC(C2)S3(=O)=O)c1. The lowest BCUT2D eigenvalue weighted by Crippen LogP contribution is -2.45. The molecule has 4 nitrogen and oxygen atoms in total. The number of benzene rings is 1. The number of carbonyl (C=O) groups is 1. The van der Waals surface area contributed by atoms with Crippen LogP contribution >= 0.6 is 0 Å². The van der Waals surface area contributed by atoms with Crippen molar-refractivity contribution in [2.45, 2.75) is 42.6 Å². The van der Waals surface area contributed by atoms with Crippen molar-refractivity contribution >= 4 is 21.3 Å². The van der Waals surface area contributed by atoms with Gasteiger partial charge in [0.1, 0.15) is 0 Å². The minimum atomic E-state index is -3.00. The van der Waals surface area contributed by atoms with Crippen LogP contribution in [-0.4, -0.2) is 38.8 Å². The van der Waals surface area contributed by atoms with Gasteiger partial charge < -0.3 is 4.90 Å². The number of fused-ring (bicyclic) bond motifs is 2. The van der Waals surface area contributed by atoms with Gasteiger partial charge in [-0.2, -0.15) is 0 Å². The van der Waals surface area contributed by atoms with Gasteiger partial charge in [-0.1, -0.05) is 18.6 Å². The lowest BCUT2D eigenvalue weighted by Gasteiger charge is -2.38. The number of hydrogen-bond acceptors (Lipinski definition) is 4. The average Bonchev–Trinajstić information content (AvgIpc) is 2.45. The van der Waals surface area contributed by atoms with E-state index in [-0.39, 0.29) is 22.2 Å². The van der Waals surface area contributed by atoms with Crippen LogP contribution < -0.4 is 4.90 Å². The van der Waals surface area contributed by atoms with E-state index in [0.29, 0.717) is 18.4 Å². The van der Waals surface area contributed by atoms with E-state index in [1.165, 1.54) is 0 Å². The molecular weight excluding hydrogens is 298 g/mol. The fraction of sp³-hybridized carbons (Fsp3) is 0.588. The van der Waals surface area contributed by atoms with Crippen LogP contribution in [0.5, 0.6) is 0 Å². The first-order valence-electron chi connectivity index (χ1n) is 7.94. The normalized spacial score (nSPS) is 29.8. The van der Waals surface area contributed by atoms with Gasteiger partial charge in [0.15, 0.2) is 15.6 Å². The molecule has 0 saturated carbocycles. The lowest BCUT2D eigenvalue weighted by atomic mass is 9.84. The molecule has 2 aliphatic rings. The third kappa shape index (κ3) is 2.67. The van der Waals surface area contributed by atoms with Crippen molar-refractivity contribution in [3.63, 3.8) is 0 Å². The molecule has 0 radical (unpaired) electrons. The Hall–Kier alpha value is -1.36. The molecule has 2 aliphatic heterocycles. The number of anilines is 1. The van der Waals surface area contributed by atoms with E-state index >= 15 is 0 Å². The van der Waals surface area contributed by atoms with E-state index in [4.69, 9.17) is 0 Å². The maximum Gasteiger partial charge on any atom is 0.166 e. The summed E-state index contributed by atoms with van der Waals surface area (Å²) in [5, 5.41) is -0.600. The first kappa shape index (κ1) is 15.5. The second-order valence-electron chi connectivity index (χ2n) is 6.74. The third-order valence-electron chi connectivity index (χ3n) is 5.09. The number of hydrogen-bond donors (Lipinski definition) is 0. The van der Waals surface area contributed by atoms with Gasteiger partial charge in [-0.25, -0.2) is 8.42 Å². The zero-order chi connectivity index (χ0) is 15.9. The Labute approximate surface area is 132 Å². The molecule has 5 heteroatoms. The van der Waals surface area contributed by atoms with Crippen molar-refractivity contribution in [2.75, 3.05) is 19.0 Å². The van der Waals surface area contributed by atoms with E-state index in [1.807, 2.05) is 43.3 Å². The Kier molecular flexibility index (Phi) is 4.02. The van der Waals surface area contributed by atoms with Crippen molar-refractivity contribution in [1.29, 1.82) is 0 Å². The molecule has 22 heavy (non-hydrogen) atoms. The second kappa shape index (κ2) is 5.69. The van der Waals surface area contributed by atoms with Crippen molar-refractivity contribution in [3.05, 3.63) is 29.8 Å². The maximum absolute atomic E-state index is 12.8. The number of Topliss-reactive ketones (excluding diaryl/α,β-unsaturated/α-hetero) is 1. The largest absolute Gasteiger partial charge is 0.378 e. The van der Waals surface area contributed by atoms with Gasteiger partial charge in [0.25, 0.3) is 0 Å². The quantitative estimate of drug-likeness (QED) is 0.803. The highest BCUT2D eigenvalue weighted by Gasteiger charge is 2.46. The summed E-state index contributed by atoms with van der Waals surface area (Å²) in [5.41, 5.74) is 1.70. The van der Waals surface area contributed by atoms with Crippen molar-refractivity contribution in [1.82, 2.24) is 0 Å². The highest BCUT2D eigenvalue weighted by Crippen LogP contribution is 2.40. The smallest absolute Gasteiger partial charge is 0.166 e. The predicted octanol–water partition coefficient (Wildman–Crippen LogP) is 2.68. The summed E-state index contributed by atoms with van der Waals surface area (Å²) in [6.07, 6.45) is 3.43. The summed E-state index contributed by atoms with van der Waals surface area (Å²) in [6, 6.07) is 7.61. The maximum atomic E-state index is 12.8. The van der Waals surface area contributed by atoms with Gasteiger partial charge in [-0.15, -0.1) is 0 Å². The molecule has 2 unspecified atom stereocenters. The molecule has 120 valence electrons. The standard InChI is InChI=1S/C17H23NO3S/c1-18(2)14-6-3-5-12(9-14)17(19)13-10-15-7-4-8-16(11-13)22(15,20)21/h3,5-6,9,13,15-16H,4,7-8,10-11H2,1-2H3. The Bertz CT molecular complexity index is 661. The van der Waals surface area contributed by atoms with E-state index in [1.54, 1.807) is 0 Å². The topological polar surface area (TPSA) is 54.5 Å². The van der Waals surface area contributed by atoms with Gasteiger partial charge in [0.05, 0.1) is 10.5 Å². The molecule has 1 aromatic rings. The zero-order valence-corrected chi connectivity index (χ0v) is 14.0. The van der Waals surface area contributed by atoms with Crippen LogP contribution in [0.4, 0.5) is 5.69 Å². The number of nitrogens with zero attached hydrogens (tertiary/aromatic N) is 1. The Morgan fingerprint density at radius 2 is 1.77 bits per heavy atom. The molecule has 0 aliphatic carbocycles. The summed E-state index contributed by atoms with van der Waals surface area (Å²) in [7, 11) is 0.895. The third-order valence-corrected chi connectivity index (χ3v) is 7.81. The van der Waals surface area contributed by atoms with E-state index < -0.39 is 9.84 Å². The second-order valence-corrected chi connectivity index (χ2v) is 9.25. The van der Waals surface area contributed by atoms with Crippen molar-refractivity contribution < 1.29 is 13.2 Å². The molecule has 2 heterocycles. The molecule has 0 amide bonds. The first-order chi connectivity index (χ1) is 10.4. The average molecular weight is 321 g/mol. The molecule has 3 rings (SSSR count). The Morgan fingerprint density at radius 1 is 1.14 bits per heavy atom. The van der Waals surface area contributed by atoms with Gasteiger partial charge in [0.2, 0.25) is 0 Å². The summed E-state index contributed by atoms with van der Waals surface area (Å²) in [6.45, 7) is 0. The van der Waals surface area contributed by atoms with Gasteiger partial charge in [-0.3, -0.25) is 4.79 Å². The lowest BCUT2D eigenvalue weighted by molar-refractivity contribution is 0.0894. The van der Waals surface area contributed by atoms with Gasteiger partial charge >= 0.3 is 0 Å². The highest BCUT2D eigenvalue weighted by atomic mass is 32.2. The van der Waals surface area contributed by atoms with Crippen LogP contribution in [0.1, 0.15) is 42.5 Å². The highest BCUT2D eigenvalue weighted by molar-refractivity contribution is 7.92. The molecule has 0 aromatic heterocycles. The van der Waals surface area contributed by atoms with Crippen LogP contribution in [0.3, 0.4) is 0 Å². The Morgan fingerprint density at radius 3 is 2.36 bits per heavy atom. The van der Waals surface area contributed by atoms with E-state index in [9.17, 15) is 13.2 Å². The molecular formula is C17H23NO3S. The van der Waals surface area contributed by atoms with Gasteiger partial charge in [0, 0.05) is 31.3 Å².